The molecule has 0 aliphatic heterocycles. The quantitative estimate of drug-likeness (QED) is 0.407. The van der Waals surface area contributed by atoms with E-state index in [0.29, 0.717) is 13.0 Å². The zero-order valence-corrected chi connectivity index (χ0v) is 21.3. The molecule has 1 fully saturated rings. The molecule has 0 bridgehead atoms. The summed E-state index contributed by atoms with van der Waals surface area (Å²) in [6.07, 6.45) is 2.52. The SMILES string of the molecule is COc1cc(-c2ccc(N[C@@]3(C(=O)O)C[C@H]3C)cc2COC2Cc3ccccc3C2)cc(OC)c1C. The van der Waals surface area contributed by atoms with Gasteiger partial charge >= 0.3 is 5.97 Å². The fourth-order valence-corrected chi connectivity index (χ4v) is 5.37. The highest BCUT2D eigenvalue weighted by atomic mass is 16.5. The fourth-order valence-electron chi connectivity index (χ4n) is 5.37. The van der Waals surface area contributed by atoms with Crippen LogP contribution < -0.4 is 14.8 Å². The number of benzene rings is 3. The Labute approximate surface area is 212 Å². The van der Waals surface area contributed by atoms with Crippen molar-refractivity contribution in [2.45, 2.75) is 51.4 Å². The molecular formula is C30H33NO5. The molecule has 0 unspecified atom stereocenters. The van der Waals surface area contributed by atoms with E-state index >= 15 is 0 Å². The van der Waals surface area contributed by atoms with Crippen LogP contribution in [0.3, 0.4) is 0 Å². The third kappa shape index (κ3) is 4.42. The number of carboxylic acid groups (broad SMARTS) is 1. The van der Waals surface area contributed by atoms with Gasteiger partial charge in [0.1, 0.15) is 17.0 Å². The van der Waals surface area contributed by atoms with Crippen LogP contribution in [-0.4, -0.2) is 36.9 Å². The number of aliphatic carboxylic acids is 1. The van der Waals surface area contributed by atoms with E-state index in [1.807, 2.05) is 44.2 Å². The predicted molar refractivity (Wildman–Crippen MR) is 140 cm³/mol. The fraction of sp³-hybridized carbons (Fsp3) is 0.367. The van der Waals surface area contributed by atoms with E-state index in [1.54, 1.807) is 14.2 Å². The lowest BCUT2D eigenvalue weighted by atomic mass is 9.97. The van der Waals surface area contributed by atoms with Gasteiger partial charge in [-0.2, -0.15) is 0 Å². The summed E-state index contributed by atoms with van der Waals surface area (Å²) in [5.74, 6) is 0.771. The van der Waals surface area contributed by atoms with Crippen molar-refractivity contribution in [3.05, 3.63) is 76.9 Å². The summed E-state index contributed by atoms with van der Waals surface area (Å²) in [4.78, 5) is 11.9. The monoisotopic (exact) mass is 487 g/mol. The van der Waals surface area contributed by atoms with E-state index < -0.39 is 11.5 Å². The summed E-state index contributed by atoms with van der Waals surface area (Å²) < 4.78 is 17.7. The van der Waals surface area contributed by atoms with Gasteiger partial charge in [0.2, 0.25) is 0 Å². The maximum Gasteiger partial charge on any atom is 0.329 e. The Morgan fingerprint density at radius 1 is 1.03 bits per heavy atom. The molecule has 0 aromatic heterocycles. The lowest BCUT2D eigenvalue weighted by molar-refractivity contribution is -0.139. The van der Waals surface area contributed by atoms with Crippen LogP contribution in [0, 0.1) is 12.8 Å². The van der Waals surface area contributed by atoms with Gasteiger partial charge in [0, 0.05) is 11.3 Å². The molecule has 6 nitrogen and oxygen atoms in total. The van der Waals surface area contributed by atoms with Gasteiger partial charge in [-0.3, -0.25) is 0 Å². The van der Waals surface area contributed by atoms with Gasteiger partial charge in [0.25, 0.3) is 0 Å². The van der Waals surface area contributed by atoms with Crippen LogP contribution >= 0.6 is 0 Å². The van der Waals surface area contributed by atoms with Crippen LogP contribution in [0.5, 0.6) is 11.5 Å². The van der Waals surface area contributed by atoms with E-state index in [2.05, 4.69) is 29.6 Å². The average molecular weight is 488 g/mol. The van der Waals surface area contributed by atoms with Crippen molar-refractivity contribution >= 4 is 11.7 Å². The average Bonchev–Trinajstić information content (AvgIpc) is 3.34. The van der Waals surface area contributed by atoms with Crippen molar-refractivity contribution in [3.63, 3.8) is 0 Å². The van der Waals surface area contributed by atoms with Crippen molar-refractivity contribution in [3.8, 4) is 22.6 Å². The Kier molecular flexibility index (Phi) is 6.39. The van der Waals surface area contributed by atoms with Gasteiger partial charge in [-0.1, -0.05) is 37.3 Å². The van der Waals surface area contributed by atoms with Gasteiger partial charge in [0.05, 0.1) is 26.9 Å². The number of carbonyl (C=O) groups is 1. The summed E-state index contributed by atoms with van der Waals surface area (Å²) in [7, 11) is 3.31. The Hall–Kier alpha value is -3.51. The molecule has 3 aromatic carbocycles. The number of rotatable bonds is 9. The van der Waals surface area contributed by atoms with Crippen LogP contribution in [0.15, 0.2) is 54.6 Å². The maximum atomic E-state index is 11.9. The standard InChI is InChI=1S/C30H33NO5/c1-18-16-30(18,29(32)33)31-24-9-10-26(22-14-27(34-3)19(2)28(15-22)35-4)23(11-24)17-36-25-12-20-7-5-6-8-21(20)13-25/h5-11,14-15,18,25,31H,12-13,16-17H2,1-4H3,(H,32,33)/t18-,30+/m1/s1. The van der Waals surface area contributed by atoms with Gasteiger partial charge in [-0.05, 0) is 84.2 Å². The minimum atomic E-state index is -0.900. The number of carboxylic acids is 1. The first kappa shape index (κ1) is 24.2. The van der Waals surface area contributed by atoms with Gasteiger partial charge in [0.15, 0.2) is 0 Å². The Morgan fingerprint density at radius 2 is 1.64 bits per heavy atom. The zero-order valence-electron chi connectivity index (χ0n) is 21.3. The van der Waals surface area contributed by atoms with E-state index in [9.17, 15) is 9.90 Å². The molecule has 188 valence electrons. The summed E-state index contributed by atoms with van der Waals surface area (Å²) in [5.41, 5.74) is 6.46. The molecule has 2 aliphatic carbocycles. The van der Waals surface area contributed by atoms with E-state index in [-0.39, 0.29) is 12.0 Å². The van der Waals surface area contributed by atoms with Crippen molar-refractivity contribution in [1.29, 1.82) is 0 Å². The molecule has 2 atom stereocenters. The van der Waals surface area contributed by atoms with Crippen molar-refractivity contribution in [1.82, 2.24) is 0 Å². The topological polar surface area (TPSA) is 77.0 Å². The molecule has 5 rings (SSSR count). The normalized spacial score (nSPS) is 20.6. The predicted octanol–water partition coefficient (Wildman–Crippen LogP) is 5.64. The van der Waals surface area contributed by atoms with E-state index in [4.69, 9.17) is 14.2 Å². The van der Waals surface area contributed by atoms with E-state index in [0.717, 1.165) is 52.3 Å². The summed E-state index contributed by atoms with van der Waals surface area (Å²) in [6, 6.07) is 18.5. The zero-order chi connectivity index (χ0) is 25.4. The highest BCUT2D eigenvalue weighted by Crippen LogP contribution is 2.46. The third-order valence-corrected chi connectivity index (χ3v) is 7.71. The molecule has 6 heteroatoms. The third-order valence-electron chi connectivity index (χ3n) is 7.71. The first-order valence-electron chi connectivity index (χ1n) is 12.4. The minimum Gasteiger partial charge on any atom is -0.496 e. The second kappa shape index (κ2) is 9.51. The molecular weight excluding hydrogens is 454 g/mol. The highest BCUT2D eigenvalue weighted by molar-refractivity contribution is 5.87. The molecule has 0 spiro atoms. The molecule has 0 amide bonds. The Bertz CT molecular complexity index is 1250. The van der Waals surface area contributed by atoms with Crippen molar-refractivity contribution < 1.29 is 24.1 Å². The first-order chi connectivity index (χ1) is 17.3. The molecule has 0 heterocycles. The largest absolute Gasteiger partial charge is 0.496 e. The Morgan fingerprint density at radius 3 is 2.17 bits per heavy atom. The van der Waals surface area contributed by atoms with Crippen molar-refractivity contribution in [2.24, 2.45) is 5.92 Å². The maximum absolute atomic E-state index is 11.9. The number of nitrogens with one attached hydrogen (secondary N) is 1. The lowest BCUT2D eigenvalue weighted by Gasteiger charge is -2.20. The summed E-state index contributed by atoms with van der Waals surface area (Å²) >= 11 is 0. The van der Waals surface area contributed by atoms with Crippen LogP contribution in [0.1, 0.15) is 35.6 Å². The minimum absolute atomic E-state index is 0.0805. The van der Waals surface area contributed by atoms with Crippen LogP contribution in [-0.2, 0) is 29.0 Å². The number of hydrogen-bond acceptors (Lipinski definition) is 5. The first-order valence-corrected chi connectivity index (χ1v) is 12.4. The smallest absolute Gasteiger partial charge is 0.329 e. The van der Waals surface area contributed by atoms with Crippen LogP contribution in [0.4, 0.5) is 5.69 Å². The molecule has 2 N–H and O–H groups in total. The molecule has 0 radical (unpaired) electrons. The van der Waals surface area contributed by atoms with E-state index in [1.165, 1.54) is 11.1 Å². The molecule has 0 saturated heterocycles. The summed E-state index contributed by atoms with van der Waals surface area (Å²) in [5, 5.41) is 13.1. The summed E-state index contributed by atoms with van der Waals surface area (Å²) in [6.45, 7) is 4.35. The molecule has 2 aliphatic rings. The molecule has 3 aromatic rings. The number of ether oxygens (including phenoxy) is 3. The van der Waals surface area contributed by atoms with Crippen LogP contribution in [0.25, 0.3) is 11.1 Å². The molecule has 1 saturated carbocycles. The number of fused-ring (bicyclic) bond motifs is 1. The number of anilines is 1. The second-order valence-corrected chi connectivity index (χ2v) is 9.99. The van der Waals surface area contributed by atoms with Gasteiger partial charge in [-0.15, -0.1) is 0 Å². The van der Waals surface area contributed by atoms with Gasteiger partial charge in [-0.25, -0.2) is 4.79 Å². The number of methoxy groups -OCH3 is 2. The van der Waals surface area contributed by atoms with Gasteiger partial charge < -0.3 is 24.6 Å². The lowest BCUT2D eigenvalue weighted by Crippen LogP contribution is -2.33. The Balaban J connectivity index is 1.47. The second-order valence-electron chi connectivity index (χ2n) is 9.99. The highest BCUT2D eigenvalue weighted by Gasteiger charge is 2.58. The number of hydrogen-bond donors (Lipinski definition) is 2. The van der Waals surface area contributed by atoms with Crippen LogP contribution in [0.2, 0.25) is 0 Å². The van der Waals surface area contributed by atoms with Crippen molar-refractivity contribution in [2.75, 3.05) is 19.5 Å². The molecule has 36 heavy (non-hydrogen) atoms.